The van der Waals surface area contributed by atoms with Gasteiger partial charge in [0.1, 0.15) is 0 Å². The first-order chi connectivity index (χ1) is 11.1. The molecule has 3 amide bonds. The normalized spacial score (nSPS) is 17.6. The van der Waals surface area contributed by atoms with Gasteiger partial charge in [-0.3, -0.25) is 19.3 Å². The van der Waals surface area contributed by atoms with Crippen LogP contribution < -0.4 is 0 Å². The maximum Gasteiger partial charge on any atom is 0.261 e. The third-order valence-electron chi connectivity index (χ3n) is 4.07. The molecule has 7 heteroatoms. The van der Waals surface area contributed by atoms with Crippen molar-refractivity contribution in [2.75, 3.05) is 32.8 Å². The average molecular weight is 381 g/mol. The first kappa shape index (κ1) is 16.1. The van der Waals surface area contributed by atoms with Gasteiger partial charge in [-0.25, -0.2) is 0 Å². The Hall–Kier alpha value is -1.73. The molecule has 2 aliphatic heterocycles. The highest BCUT2D eigenvalue weighted by Gasteiger charge is 2.35. The van der Waals surface area contributed by atoms with Gasteiger partial charge in [0.25, 0.3) is 11.8 Å². The van der Waals surface area contributed by atoms with Crippen LogP contribution in [-0.4, -0.2) is 60.4 Å². The molecule has 2 aliphatic rings. The Kier molecular flexibility index (Phi) is 4.77. The molecule has 0 bridgehead atoms. The van der Waals surface area contributed by atoms with E-state index in [2.05, 4.69) is 15.9 Å². The second-order valence-corrected chi connectivity index (χ2v) is 6.46. The predicted molar refractivity (Wildman–Crippen MR) is 86.1 cm³/mol. The highest BCUT2D eigenvalue weighted by Crippen LogP contribution is 2.26. The molecule has 0 unspecified atom stereocenters. The van der Waals surface area contributed by atoms with Crippen molar-refractivity contribution in [3.8, 4) is 0 Å². The van der Waals surface area contributed by atoms with Crippen LogP contribution in [0.5, 0.6) is 0 Å². The monoisotopic (exact) mass is 380 g/mol. The van der Waals surface area contributed by atoms with Crippen molar-refractivity contribution < 1.29 is 19.1 Å². The summed E-state index contributed by atoms with van der Waals surface area (Å²) in [5.41, 5.74) is 0.849. The average Bonchev–Trinajstić information content (AvgIpc) is 2.80. The molecular formula is C16H17BrN2O4. The molecule has 0 spiro atoms. The highest BCUT2D eigenvalue weighted by atomic mass is 79.9. The van der Waals surface area contributed by atoms with Crippen molar-refractivity contribution in [1.29, 1.82) is 0 Å². The van der Waals surface area contributed by atoms with Crippen LogP contribution in [0.2, 0.25) is 0 Å². The number of carbonyl (C=O) groups excluding carboxylic acids is 3. The number of hydrogen-bond donors (Lipinski definition) is 0. The summed E-state index contributed by atoms with van der Waals surface area (Å²) in [5, 5.41) is 0. The molecule has 1 saturated heterocycles. The van der Waals surface area contributed by atoms with Gasteiger partial charge in [-0.15, -0.1) is 0 Å². The summed E-state index contributed by atoms with van der Waals surface area (Å²) >= 11 is 3.31. The molecule has 0 aliphatic carbocycles. The van der Waals surface area contributed by atoms with Crippen molar-refractivity contribution in [2.24, 2.45) is 0 Å². The van der Waals surface area contributed by atoms with E-state index in [1.165, 1.54) is 4.90 Å². The van der Waals surface area contributed by atoms with E-state index >= 15 is 0 Å². The third kappa shape index (κ3) is 3.30. The number of hydrogen-bond acceptors (Lipinski definition) is 4. The summed E-state index contributed by atoms with van der Waals surface area (Å²) in [7, 11) is 0. The van der Waals surface area contributed by atoms with Crippen molar-refractivity contribution >= 4 is 33.7 Å². The van der Waals surface area contributed by atoms with Gasteiger partial charge in [0.2, 0.25) is 5.91 Å². The minimum absolute atomic E-state index is 0.0488. The Balaban J connectivity index is 1.56. The van der Waals surface area contributed by atoms with Crippen LogP contribution >= 0.6 is 15.9 Å². The van der Waals surface area contributed by atoms with Gasteiger partial charge >= 0.3 is 0 Å². The number of benzene rings is 1. The quantitative estimate of drug-likeness (QED) is 0.745. The molecule has 0 aromatic heterocycles. The highest BCUT2D eigenvalue weighted by molar-refractivity contribution is 9.10. The number of carbonyl (C=O) groups is 3. The Bertz CT molecular complexity index is 655. The summed E-state index contributed by atoms with van der Waals surface area (Å²) in [6.45, 7) is 2.62. The van der Waals surface area contributed by atoms with Crippen LogP contribution in [0.25, 0.3) is 0 Å². The number of ether oxygens (including phenoxy) is 1. The molecular weight excluding hydrogens is 364 g/mol. The zero-order valence-electron chi connectivity index (χ0n) is 12.6. The molecule has 3 rings (SSSR count). The van der Waals surface area contributed by atoms with E-state index in [1.807, 2.05) is 0 Å². The number of rotatable bonds is 4. The number of morpholine rings is 1. The van der Waals surface area contributed by atoms with Gasteiger partial charge in [0, 0.05) is 30.5 Å². The van der Waals surface area contributed by atoms with E-state index in [0.717, 1.165) is 4.47 Å². The van der Waals surface area contributed by atoms with Crippen LogP contribution in [-0.2, 0) is 9.53 Å². The first-order valence-electron chi connectivity index (χ1n) is 7.59. The van der Waals surface area contributed by atoms with Crippen molar-refractivity contribution in [3.63, 3.8) is 0 Å². The van der Waals surface area contributed by atoms with Crippen LogP contribution in [0.15, 0.2) is 22.7 Å². The standard InChI is InChI=1S/C16H17BrN2O4/c17-11-3-4-12-13(10-11)16(22)19(15(12)21)5-1-2-14(20)18-6-8-23-9-7-18/h3-4,10H,1-2,5-9H2. The van der Waals surface area contributed by atoms with E-state index in [9.17, 15) is 14.4 Å². The molecule has 0 atom stereocenters. The van der Waals surface area contributed by atoms with Gasteiger partial charge in [-0.2, -0.15) is 0 Å². The van der Waals surface area contributed by atoms with Crippen molar-refractivity contribution in [2.45, 2.75) is 12.8 Å². The Morgan fingerprint density at radius 2 is 1.83 bits per heavy atom. The Labute approximate surface area is 142 Å². The summed E-state index contributed by atoms with van der Waals surface area (Å²) in [6.07, 6.45) is 0.805. The SMILES string of the molecule is O=C(CCCN1C(=O)c2ccc(Br)cc2C1=O)N1CCOCC1. The largest absolute Gasteiger partial charge is 0.378 e. The van der Waals surface area contributed by atoms with Crippen molar-refractivity contribution in [3.05, 3.63) is 33.8 Å². The Morgan fingerprint density at radius 3 is 2.57 bits per heavy atom. The number of amides is 3. The van der Waals surface area contributed by atoms with Gasteiger partial charge in [0.15, 0.2) is 0 Å². The van der Waals surface area contributed by atoms with E-state index in [0.29, 0.717) is 50.3 Å². The fourth-order valence-corrected chi connectivity index (χ4v) is 3.19. The second-order valence-electron chi connectivity index (χ2n) is 5.55. The zero-order chi connectivity index (χ0) is 16.4. The van der Waals surface area contributed by atoms with E-state index in [1.54, 1.807) is 23.1 Å². The lowest BCUT2D eigenvalue weighted by atomic mass is 10.1. The number of nitrogens with zero attached hydrogens (tertiary/aromatic N) is 2. The fourth-order valence-electron chi connectivity index (χ4n) is 2.83. The molecule has 122 valence electrons. The summed E-state index contributed by atoms with van der Waals surface area (Å²) in [4.78, 5) is 39.6. The van der Waals surface area contributed by atoms with Gasteiger partial charge in [-0.1, -0.05) is 15.9 Å². The number of imide groups is 1. The molecule has 1 fully saturated rings. The minimum Gasteiger partial charge on any atom is -0.378 e. The van der Waals surface area contributed by atoms with Crippen molar-refractivity contribution in [1.82, 2.24) is 9.80 Å². The summed E-state index contributed by atoms with van der Waals surface area (Å²) in [5.74, 6) is -0.519. The fraction of sp³-hybridized carbons (Fsp3) is 0.438. The number of fused-ring (bicyclic) bond motifs is 1. The predicted octanol–water partition coefficient (Wildman–Crippen LogP) is 1.68. The molecule has 6 nitrogen and oxygen atoms in total. The summed E-state index contributed by atoms with van der Waals surface area (Å²) < 4.78 is 5.98. The van der Waals surface area contributed by atoms with E-state index in [4.69, 9.17) is 4.74 Å². The van der Waals surface area contributed by atoms with E-state index in [-0.39, 0.29) is 24.3 Å². The molecule has 0 radical (unpaired) electrons. The van der Waals surface area contributed by atoms with Crippen LogP contribution in [0.1, 0.15) is 33.6 Å². The van der Waals surface area contributed by atoms with Gasteiger partial charge < -0.3 is 9.64 Å². The third-order valence-corrected chi connectivity index (χ3v) is 4.56. The molecule has 0 saturated carbocycles. The van der Waals surface area contributed by atoms with E-state index < -0.39 is 0 Å². The van der Waals surface area contributed by atoms with Crippen LogP contribution in [0.4, 0.5) is 0 Å². The smallest absolute Gasteiger partial charge is 0.261 e. The molecule has 0 N–H and O–H groups in total. The van der Waals surface area contributed by atoms with Crippen LogP contribution in [0.3, 0.4) is 0 Å². The lowest BCUT2D eigenvalue weighted by Gasteiger charge is -2.27. The lowest BCUT2D eigenvalue weighted by molar-refractivity contribution is -0.135. The zero-order valence-corrected chi connectivity index (χ0v) is 14.2. The Morgan fingerprint density at radius 1 is 1.13 bits per heavy atom. The molecule has 23 heavy (non-hydrogen) atoms. The maximum atomic E-state index is 12.3. The van der Waals surface area contributed by atoms with Gasteiger partial charge in [-0.05, 0) is 24.6 Å². The summed E-state index contributed by atoms with van der Waals surface area (Å²) in [6, 6.07) is 5.06. The number of halogens is 1. The van der Waals surface area contributed by atoms with Crippen LogP contribution in [0, 0.1) is 0 Å². The molecule has 1 aromatic rings. The molecule has 1 aromatic carbocycles. The minimum atomic E-state index is -0.287. The first-order valence-corrected chi connectivity index (χ1v) is 8.38. The van der Waals surface area contributed by atoms with Gasteiger partial charge in [0.05, 0.1) is 24.3 Å². The second kappa shape index (κ2) is 6.80. The lowest BCUT2D eigenvalue weighted by Crippen LogP contribution is -2.41. The molecule has 2 heterocycles. The maximum absolute atomic E-state index is 12.3. The topological polar surface area (TPSA) is 66.9 Å².